The van der Waals surface area contributed by atoms with Crippen molar-refractivity contribution in [3.8, 4) is 0 Å². The number of rotatable bonds is 5. The molecule has 1 aliphatic rings. The average Bonchev–Trinajstić information content (AvgIpc) is 2.80. The largest absolute Gasteiger partial charge is 0.324 e. The lowest BCUT2D eigenvalue weighted by atomic mass is 10.0. The van der Waals surface area contributed by atoms with Crippen LogP contribution in [0.25, 0.3) is 0 Å². The van der Waals surface area contributed by atoms with E-state index >= 15 is 0 Å². The summed E-state index contributed by atoms with van der Waals surface area (Å²) in [7, 11) is 4.19. The van der Waals surface area contributed by atoms with Crippen molar-refractivity contribution in [2.24, 2.45) is 11.7 Å². The summed E-state index contributed by atoms with van der Waals surface area (Å²) in [6.45, 7) is 5.09. The summed E-state index contributed by atoms with van der Waals surface area (Å²) >= 11 is 0. The maximum Gasteiger partial charge on any atom is 0.163 e. The van der Waals surface area contributed by atoms with E-state index in [4.69, 9.17) is 5.73 Å². The molecule has 0 aliphatic carbocycles. The predicted molar refractivity (Wildman–Crippen MR) is 81.0 cm³/mol. The summed E-state index contributed by atoms with van der Waals surface area (Å²) in [5.41, 5.74) is 6.30. The van der Waals surface area contributed by atoms with Crippen LogP contribution in [0.2, 0.25) is 0 Å². The Hall–Kier alpha value is -1.04. The van der Waals surface area contributed by atoms with Gasteiger partial charge in [-0.25, -0.2) is 8.78 Å². The van der Waals surface area contributed by atoms with E-state index in [0.29, 0.717) is 18.4 Å². The smallest absolute Gasteiger partial charge is 0.163 e. The van der Waals surface area contributed by atoms with Gasteiger partial charge >= 0.3 is 0 Å². The van der Waals surface area contributed by atoms with Gasteiger partial charge in [0.2, 0.25) is 0 Å². The zero-order valence-electron chi connectivity index (χ0n) is 13.0. The molecule has 0 amide bonds. The van der Waals surface area contributed by atoms with Gasteiger partial charge in [0, 0.05) is 37.3 Å². The first kappa shape index (κ1) is 16.3. The van der Waals surface area contributed by atoms with Gasteiger partial charge in [0.1, 0.15) is 0 Å². The summed E-state index contributed by atoms with van der Waals surface area (Å²) in [5.74, 6) is -1.03. The number of nitrogens with zero attached hydrogens (tertiary/aromatic N) is 2. The molecule has 21 heavy (non-hydrogen) atoms. The molecule has 5 heteroatoms. The maximum absolute atomic E-state index is 13.7. The van der Waals surface area contributed by atoms with Gasteiger partial charge in [0.15, 0.2) is 11.6 Å². The first-order valence-electron chi connectivity index (χ1n) is 7.48. The molecule has 0 aromatic heterocycles. The predicted octanol–water partition coefficient (Wildman–Crippen LogP) is 2.24. The zero-order chi connectivity index (χ0) is 15.6. The highest BCUT2D eigenvalue weighted by Gasteiger charge is 2.30. The standard InChI is InChI=1S/C16H25F2N3/c1-11-9-21(10-15(11)20(2)3)8-7-14(19)12-5-4-6-13(17)16(12)18/h4-6,11,14-15H,7-10,19H2,1-3H3. The highest BCUT2D eigenvalue weighted by molar-refractivity contribution is 5.22. The lowest BCUT2D eigenvalue weighted by Gasteiger charge is -2.23. The Bertz CT molecular complexity index is 479. The summed E-state index contributed by atoms with van der Waals surface area (Å²) in [5, 5.41) is 0. The zero-order valence-corrected chi connectivity index (χ0v) is 13.0. The fraction of sp³-hybridized carbons (Fsp3) is 0.625. The van der Waals surface area contributed by atoms with Gasteiger partial charge in [0.05, 0.1) is 0 Å². The molecule has 0 spiro atoms. The molecule has 2 rings (SSSR count). The summed E-state index contributed by atoms with van der Waals surface area (Å²) in [6.07, 6.45) is 0.632. The molecule has 1 saturated heterocycles. The molecule has 3 unspecified atom stereocenters. The molecule has 0 saturated carbocycles. The van der Waals surface area contributed by atoms with Crippen LogP contribution in [-0.2, 0) is 0 Å². The van der Waals surface area contributed by atoms with Crippen molar-refractivity contribution in [3.05, 3.63) is 35.4 Å². The lowest BCUT2D eigenvalue weighted by Crippen LogP contribution is -2.34. The van der Waals surface area contributed by atoms with E-state index in [0.717, 1.165) is 25.7 Å². The molecule has 2 N–H and O–H groups in total. The third-order valence-electron chi connectivity index (χ3n) is 4.45. The highest BCUT2D eigenvalue weighted by Crippen LogP contribution is 2.23. The van der Waals surface area contributed by atoms with Crippen molar-refractivity contribution >= 4 is 0 Å². The van der Waals surface area contributed by atoms with E-state index in [1.54, 1.807) is 6.07 Å². The fourth-order valence-electron chi connectivity index (χ4n) is 3.19. The normalized spacial score (nSPS) is 24.7. The van der Waals surface area contributed by atoms with E-state index < -0.39 is 17.7 Å². The SMILES string of the molecule is CC1CN(CCC(N)c2cccc(F)c2F)CC1N(C)C. The van der Waals surface area contributed by atoms with Crippen molar-refractivity contribution in [2.45, 2.75) is 25.4 Å². The van der Waals surface area contributed by atoms with Crippen LogP contribution in [0.1, 0.15) is 24.9 Å². The number of halogens is 2. The number of hydrogen-bond acceptors (Lipinski definition) is 3. The molecule has 1 aromatic carbocycles. The second kappa shape index (κ2) is 6.81. The van der Waals surface area contributed by atoms with E-state index in [1.165, 1.54) is 6.07 Å². The molecule has 1 fully saturated rings. The van der Waals surface area contributed by atoms with Crippen molar-refractivity contribution in [2.75, 3.05) is 33.7 Å². The van der Waals surface area contributed by atoms with Crippen LogP contribution in [0.5, 0.6) is 0 Å². The molecule has 1 aliphatic heterocycles. The third-order valence-corrected chi connectivity index (χ3v) is 4.45. The van der Waals surface area contributed by atoms with Gasteiger partial charge < -0.3 is 15.5 Å². The summed E-state index contributed by atoms with van der Waals surface area (Å²) in [4.78, 5) is 4.60. The number of nitrogens with two attached hydrogens (primary N) is 1. The Morgan fingerprint density at radius 3 is 2.67 bits per heavy atom. The maximum atomic E-state index is 13.7. The minimum atomic E-state index is -0.828. The van der Waals surface area contributed by atoms with Crippen molar-refractivity contribution < 1.29 is 8.78 Å². The third kappa shape index (κ3) is 3.78. The highest BCUT2D eigenvalue weighted by atomic mass is 19.2. The van der Waals surface area contributed by atoms with Crippen LogP contribution >= 0.6 is 0 Å². The Morgan fingerprint density at radius 2 is 2.05 bits per heavy atom. The van der Waals surface area contributed by atoms with Gasteiger partial charge in [-0.1, -0.05) is 19.1 Å². The van der Waals surface area contributed by atoms with Crippen LogP contribution in [0, 0.1) is 17.6 Å². The Balaban J connectivity index is 1.90. The summed E-state index contributed by atoms with van der Waals surface area (Å²) in [6, 6.07) is 4.28. The van der Waals surface area contributed by atoms with Gasteiger partial charge in [-0.2, -0.15) is 0 Å². The second-order valence-corrected chi connectivity index (χ2v) is 6.31. The number of likely N-dealkylation sites (N-methyl/N-ethyl adjacent to an activating group) is 1. The molecule has 118 valence electrons. The van der Waals surface area contributed by atoms with Gasteiger partial charge in [-0.3, -0.25) is 0 Å². The fourth-order valence-corrected chi connectivity index (χ4v) is 3.19. The van der Waals surface area contributed by atoms with Gasteiger partial charge in [0.25, 0.3) is 0 Å². The van der Waals surface area contributed by atoms with Crippen molar-refractivity contribution in [1.29, 1.82) is 0 Å². The minimum absolute atomic E-state index is 0.270. The minimum Gasteiger partial charge on any atom is -0.324 e. The summed E-state index contributed by atoms with van der Waals surface area (Å²) < 4.78 is 26.9. The number of benzene rings is 1. The molecule has 0 bridgehead atoms. The molecular weight excluding hydrogens is 272 g/mol. The van der Waals surface area contributed by atoms with Crippen LogP contribution < -0.4 is 5.73 Å². The van der Waals surface area contributed by atoms with E-state index in [-0.39, 0.29) is 5.56 Å². The van der Waals surface area contributed by atoms with E-state index in [9.17, 15) is 8.78 Å². The molecular formula is C16H25F2N3. The van der Waals surface area contributed by atoms with Gasteiger partial charge in [-0.05, 0) is 32.5 Å². The first-order valence-corrected chi connectivity index (χ1v) is 7.48. The van der Waals surface area contributed by atoms with Crippen molar-refractivity contribution in [1.82, 2.24) is 9.80 Å². The van der Waals surface area contributed by atoms with Crippen LogP contribution in [0.4, 0.5) is 8.78 Å². The molecule has 3 atom stereocenters. The van der Waals surface area contributed by atoms with E-state index in [2.05, 4.69) is 30.8 Å². The second-order valence-electron chi connectivity index (χ2n) is 6.31. The van der Waals surface area contributed by atoms with Gasteiger partial charge in [-0.15, -0.1) is 0 Å². The van der Waals surface area contributed by atoms with Crippen molar-refractivity contribution in [3.63, 3.8) is 0 Å². The monoisotopic (exact) mass is 297 g/mol. The lowest BCUT2D eigenvalue weighted by molar-refractivity contribution is 0.249. The first-order chi connectivity index (χ1) is 9.90. The van der Waals surface area contributed by atoms with Crippen LogP contribution in [-0.4, -0.2) is 49.6 Å². The number of likely N-dealkylation sites (tertiary alicyclic amines) is 1. The number of hydrogen-bond donors (Lipinski definition) is 1. The Morgan fingerprint density at radius 1 is 1.33 bits per heavy atom. The molecule has 3 nitrogen and oxygen atoms in total. The average molecular weight is 297 g/mol. The molecule has 0 radical (unpaired) electrons. The quantitative estimate of drug-likeness (QED) is 0.904. The topological polar surface area (TPSA) is 32.5 Å². The van der Waals surface area contributed by atoms with Crippen LogP contribution in [0.15, 0.2) is 18.2 Å². The Labute approximate surface area is 125 Å². The molecule has 1 heterocycles. The molecule has 1 aromatic rings. The van der Waals surface area contributed by atoms with Crippen LogP contribution in [0.3, 0.4) is 0 Å². The Kier molecular flexibility index (Phi) is 5.30. The van der Waals surface area contributed by atoms with E-state index in [1.807, 2.05) is 0 Å².